The second-order valence-electron chi connectivity index (χ2n) is 8.19. The molecule has 0 fully saturated rings. The number of fused-ring (bicyclic) bond motifs is 1. The third-order valence-corrected chi connectivity index (χ3v) is 5.68. The molecule has 166 valence electrons. The number of carbonyl (C=O) groups is 1. The molecule has 7 nitrogen and oxygen atoms in total. The lowest BCUT2D eigenvalue weighted by atomic mass is 10.0. The molecule has 1 amide bonds. The van der Waals surface area contributed by atoms with Gasteiger partial charge in [0.05, 0.1) is 24.9 Å². The first-order valence-electron chi connectivity index (χ1n) is 10.7. The third kappa shape index (κ3) is 4.37. The molecule has 1 aliphatic heterocycles. The molecule has 32 heavy (non-hydrogen) atoms. The van der Waals surface area contributed by atoms with Crippen LogP contribution in [0.4, 0.5) is 11.8 Å². The van der Waals surface area contributed by atoms with E-state index in [4.69, 9.17) is 14.7 Å². The summed E-state index contributed by atoms with van der Waals surface area (Å²) in [5.41, 5.74) is 3.78. The van der Waals surface area contributed by atoms with Crippen molar-refractivity contribution in [1.29, 1.82) is 0 Å². The number of hydrogen-bond acceptors (Lipinski definition) is 6. The average molecular weight is 432 g/mol. The molecule has 0 saturated heterocycles. The van der Waals surface area contributed by atoms with Gasteiger partial charge >= 0.3 is 0 Å². The lowest BCUT2D eigenvalue weighted by Crippen LogP contribution is -2.38. The van der Waals surface area contributed by atoms with Crippen molar-refractivity contribution in [3.63, 3.8) is 0 Å². The van der Waals surface area contributed by atoms with Crippen LogP contribution in [0.1, 0.15) is 27.2 Å². The lowest BCUT2D eigenvalue weighted by molar-refractivity contribution is 0.0730. The van der Waals surface area contributed by atoms with E-state index in [2.05, 4.69) is 17.0 Å². The Hall–Kier alpha value is -3.61. The Bertz CT molecular complexity index is 1100. The average Bonchev–Trinajstić information content (AvgIpc) is 2.83. The second kappa shape index (κ2) is 9.26. The summed E-state index contributed by atoms with van der Waals surface area (Å²) in [6.45, 7) is 1.81. The van der Waals surface area contributed by atoms with E-state index in [1.165, 1.54) is 5.56 Å². The van der Waals surface area contributed by atoms with Gasteiger partial charge in [-0.15, -0.1) is 0 Å². The van der Waals surface area contributed by atoms with E-state index in [9.17, 15) is 4.79 Å². The van der Waals surface area contributed by atoms with E-state index >= 15 is 0 Å². The number of hydrogen-bond donors (Lipinski definition) is 0. The predicted octanol–water partition coefficient (Wildman–Crippen LogP) is 3.39. The Morgan fingerprint density at radius 1 is 1.03 bits per heavy atom. The summed E-state index contributed by atoms with van der Waals surface area (Å²) in [7, 11) is 7.55. The minimum atomic E-state index is -0.0388. The zero-order valence-electron chi connectivity index (χ0n) is 19.1. The number of rotatable bonds is 6. The quantitative estimate of drug-likeness (QED) is 0.596. The highest BCUT2D eigenvalue weighted by molar-refractivity contribution is 5.97. The van der Waals surface area contributed by atoms with Gasteiger partial charge < -0.3 is 19.4 Å². The highest BCUT2D eigenvalue weighted by atomic mass is 16.5. The topological polar surface area (TPSA) is 61.8 Å². The zero-order valence-corrected chi connectivity index (χ0v) is 19.1. The Kier molecular flexibility index (Phi) is 6.25. The molecule has 0 unspecified atom stereocenters. The molecule has 1 aliphatic rings. The first-order valence-corrected chi connectivity index (χ1v) is 10.7. The summed E-state index contributed by atoms with van der Waals surface area (Å²) in [5.74, 6) is 2.09. The maximum absolute atomic E-state index is 13.2. The molecule has 0 N–H and O–H groups in total. The molecule has 1 aromatic heterocycles. The van der Waals surface area contributed by atoms with Crippen LogP contribution in [0.2, 0.25) is 0 Å². The zero-order chi connectivity index (χ0) is 22.7. The van der Waals surface area contributed by atoms with Gasteiger partial charge in [-0.3, -0.25) is 4.79 Å². The van der Waals surface area contributed by atoms with E-state index in [1.54, 1.807) is 7.11 Å². The molecule has 3 aromatic rings. The number of amides is 1. The SMILES string of the molecule is COc1ccccc1C(=O)N1CCc2nc(N(C)Cc3ccccc3)nc(N(C)C)c2C1. The van der Waals surface area contributed by atoms with Crippen molar-refractivity contribution in [3.05, 3.63) is 77.0 Å². The van der Waals surface area contributed by atoms with Crippen LogP contribution in [0.5, 0.6) is 5.75 Å². The number of anilines is 2. The third-order valence-electron chi connectivity index (χ3n) is 5.68. The first-order chi connectivity index (χ1) is 15.5. The summed E-state index contributed by atoms with van der Waals surface area (Å²) in [5, 5.41) is 0. The van der Waals surface area contributed by atoms with Crippen LogP contribution < -0.4 is 14.5 Å². The number of aromatic nitrogens is 2. The van der Waals surface area contributed by atoms with Crippen LogP contribution in [-0.4, -0.2) is 55.6 Å². The molecular formula is C25H29N5O2. The van der Waals surface area contributed by atoms with Crippen molar-refractivity contribution >= 4 is 17.7 Å². The van der Waals surface area contributed by atoms with Gasteiger partial charge in [0.15, 0.2) is 0 Å². The van der Waals surface area contributed by atoms with Crippen molar-refractivity contribution in [2.75, 3.05) is 44.6 Å². The Morgan fingerprint density at radius 2 is 1.75 bits per heavy atom. The standard InChI is InChI=1S/C25H29N5O2/c1-28(2)23-20-17-30(24(31)19-12-8-9-13-22(19)32-4)15-14-21(20)26-25(27-23)29(3)16-18-10-6-5-7-11-18/h5-13H,14-17H2,1-4H3. The predicted molar refractivity (Wildman–Crippen MR) is 126 cm³/mol. The van der Waals surface area contributed by atoms with Crippen molar-refractivity contribution in [2.45, 2.75) is 19.5 Å². The fourth-order valence-electron chi connectivity index (χ4n) is 4.02. The van der Waals surface area contributed by atoms with Crippen molar-refractivity contribution < 1.29 is 9.53 Å². The van der Waals surface area contributed by atoms with E-state index in [1.807, 2.05) is 73.4 Å². The summed E-state index contributed by atoms with van der Waals surface area (Å²) >= 11 is 0. The maximum Gasteiger partial charge on any atom is 0.257 e. The van der Waals surface area contributed by atoms with Crippen molar-refractivity contribution in [1.82, 2.24) is 14.9 Å². The van der Waals surface area contributed by atoms with Crippen LogP contribution in [0.15, 0.2) is 54.6 Å². The molecule has 0 radical (unpaired) electrons. The van der Waals surface area contributed by atoms with E-state index < -0.39 is 0 Å². The normalized spacial score (nSPS) is 12.8. The van der Waals surface area contributed by atoms with Gasteiger partial charge in [-0.25, -0.2) is 4.98 Å². The summed E-state index contributed by atoms with van der Waals surface area (Å²) in [4.78, 5) is 28.9. The summed E-state index contributed by atoms with van der Waals surface area (Å²) in [6, 6.07) is 17.6. The van der Waals surface area contributed by atoms with Crippen molar-refractivity contribution in [3.8, 4) is 5.75 Å². The monoisotopic (exact) mass is 431 g/mol. The molecule has 7 heteroatoms. The molecule has 0 bridgehead atoms. The molecule has 2 aromatic carbocycles. The van der Waals surface area contributed by atoms with Gasteiger partial charge in [0, 0.05) is 46.2 Å². The number of benzene rings is 2. The van der Waals surface area contributed by atoms with Gasteiger partial charge in [-0.2, -0.15) is 4.98 Å². The molecule has 0 aliphatic carbocycles. The molecule has 2 heterocycles. The maximum atomic E-state index is 13.2. The Labute approximate surface area is 189 Å². The smallest absolute Gasteiger partial charge is 0.257 e. The van der Waals surface area contributed by atoms with Crippen molar-refractivity contribution in [2.24, 2.45) is 0 Å². The number of methoxy groups -OCH3 is 1. The van der Waals surface area contributed by atoms with Gasteiger partial charge in [-0.05, 0) is 17.7 Å². The van der Waals surface area contributed by atoms with Crippen LogP contribution in [0.3, 0.4) is 0 Å². The van der Waals surface area contributed by atoms with Gasteiger partial charge in [-0.1, -0.05) is 42.5 Å². The molecule has 0 atom stereocenters. The lowest BCUT2D eigenvalue weighted by Gasteiger charge is -2.32. The summed E-state index contributed by atoms with van der Waals surface area (Å²) in [6.07, 6.45) is 0.686. The van der Waals surface area contributed by atoms with Crippen LogP contribution in [0, 0.1) is 0 Å². The van der Waals surface area contributed by atoms with Crippen LogP contribution in [-0.2, 0) is 19.5 Å². The largest absolute Gasteiger partial charge is 0.496 e. The minimum Gasteiger partial charge on any atom is -0.496 e. The number of ether oxygens (including phenoxy) is 1. The van der Waals surface area contributed by atoms with E-state index in [0.717, 1.165) is 23.6 Å². The van der Waals surface area contributed by atoms with Gasteiger partial charge in [0.25, 0.3) is 5.91 Å². The molecule has 4 rings (SSSR count). The van der Waals surface area contributed by atoms with E-state index in [0.29, 0.717) is 36.8 Å². The highest BCUT2D eigenvalue weighted by Gasteiger charge is 2.28. The van der Waals surface area contributed by atoms with E-state index in [-0.39, 0.29) is 5.91 Å². The Balaban J connectivity index is 1.61. The molecule has 0 saturated carbocycles. The number of para-hydroxylation sites is 1. The fraction of sp³-hybridized carbons (Fsp3) is 0.320. The molecular weight excluding hydrogens is 402 g/mol. The first kappa shape index (κ1) is 21.6. The van der Waals surface area contributed by atoms with Gasteiger partial charge in [0.2, 0.25) is 5.95 Å². The van der Waals surface area contributed by atoms with Gasteiger partial charge in [0.1, 0.15) is 11.6 Å². The number of carbonyl (C=O) groups excluding carboxylic acids is 1. The summed E-state index contributed by atoms with van der Waals surface area (Å²) < 4.78 is 5.39. The van der Waals surface area contributed by atoms with Crippen LogP contribution in [0.25, 0.3) is 0 Å². The second-order valence-corrected chi connectivity index (χ2v) is 8.19. The highest BCUT2D eigenvalue weighted by Crippen LogP contribution is 2.30. The fourth-order valence-corrected chi connectivity index (χ4v) is 4.02. The Morgan fingerprint density at radius 3 is 2.47 bits per heavy atom. The van der Waals surface area contributed by atoms with Crippen LogP contribution >= 0.6 is 0 Å². The number of nitrogens with zero attached hydrogens (tertiary/aromatic N) is 5. The molecule has 0 spiro atoms. The minimum absolute atomic E-state index is 0.0388.